The van der Waals surface area contributed by atoms with E-state index in [-0.39, 0.29) is 0 Å². The van der Waals surface area contributed by atoms with Crippen molar-refractivity contribution in [3.63, 3.8) is 0 Å². The zero-order valence-electron chi connectivity index (χ0n) is 8.53. The first kappa shape index (κ1) is 11.1. The highest BCUT2D eigenvalue weighted by atomic mass is 16.5. The lowest BCUT2D eigenvalue weighted by molar-refractivity contribution is 0.136. The van der Waals surface area contributed by atoms with E-state index < -0.39 is 0 Å². The zero-order chi connectivity index (χ0) is 10.1. The Kier molecular flexibility index (Phi) is 5.94. The van der Waals surface area contributed by atoms with Gasteiger partial charge in [0.25, 0.3) is 0 Å². The average molecular weight is 199 g/mol. The minimum atomic E-state index is 0.673. The Morgan fingerprint density at radius 3 is 3.07 bits per heavy atom. The molecule has 5 heteroatoms. The molecular formula is C9H17N3O2. The molecule has 0 aliphatic rings. The van der Waals surface area contributed by atoms with Gasteiger partial charge in [-0.2, -0.15) is 4.98 Å². The molecule has 1 aromatic rings. The monoisotopic (exact) mass is 199 g/mol. The van der Waals surface area contributed by atoms with Crippen LogP contribution in [0.25, 0.3) is 0 Å². The lowest BCUT2D eigenvalue weighted by Gasteiger charge is -2.03. The smallest absolute Gasteiger partial charge is 0.227 e. The molecule has 0 fully saturated rings. The molecular weight excluding hydrogens is 182 g/mol. The normalized spacial score (nSPS) is 10.6. The van der Waals surface area contributed by atoms with Crippen molar-refractivity contribution in [2.45, 2.75) is 19.8 Å². The van der Waals surface area contributed by atoms with E-state index in [4.69, 9.17) is 9.26 Å². The van der Waals surface area contributed by atoms with Crippen molar-refractivity contribution >= 4 is 0 Å². The van der Waals surface area contributed by atoms with Crippen LogP contribution >= 0.6 is 0 Å². The second-order valence-electron chi connectivity index (χ2n) is 2.95. The van der Waals surface area contributed by atoms with Crippen LogP contribution in [0.2, 0.25) is 0 Å². The maximum atomic E-state index is 5.31. The minimum absolute atomic E-state index is 0.673. The van der Waals surface area contributed by atoms with Crippen LogP contribution in [0.4, 0.5) is 0 Å². The summed E-state index contributed by atoms with van der Waals surface area (Å²) in [6.07, 6.45) is 3.26. The first-order chi connectivity index (χ1) is 6.93. The molecule has 80 valence electrons. The Bertz CT molecular complexity index is 214. The molecule has 0 amide bonds. The molecule has 0 radical (unpaired) electrons. The molecule has 0 saturated heterocycles. The van der Waals surface area contributed by atoms with Crippen molar-refractivity contribution in [1.82, 2.24) is 15.5 Å². The van der Waals surface area contributed by atoms with E-state index >= 15 is 0 Å². The maximum absolute atomic E-state index is 5.31. The Morgan fingerprint density at radius 1 is 1.43 bits per heavy atom. The number of ether oxygens (including phenoxy) is 1. The summed E-state index contributed by atoms with van der Waals surface area (Å²) in [7, 11) is 0. The predicted molar refractivity (Wildman–Crippen MR) is 52.0 cm³/mol. The van der Waals surface area contributed by atoms with Gasteiger partial charge in [-0.3, -0.25) is 0 Å². The quantitative estimate of drug-likeness (QED) is 0.622. The number of nitrogens with zero attached hydrogens (tertiary/aromatic N) is 2. The van der Waals surface area contributed by atoms with Crippen molar-refractivity contribution < 1.29 is 9.26 Å². The van der Waals surface area contributed by atoms with Crippen LogP contribution in [0.1, 0.15) is 19.2 Å². The van der Waals surface area contributed by atoms with Gasteiger partial charge < -0.3 is 14.6 Å². The van der Waals surface area contributed by atoms with Gasteiger partial charge in [-0.1, -0.05) is 12.1 Å². The highest BCUT2D eigenvalue weighted by Gasteiger charge is 1.96. The Morgan fingerprint density at radius 2 is 2.36 bits per heavy atom. The van der Waals surface area contributed by atoms with Gasteiger partial charge >= 0.3 is 0 Å². The standard InChI is InChI=1S/C9H17N3O2/c1-2-6-13-7-5-10-4-3-9-11-8-12-14-9/h8,10H,2-7H2,1H3. The Labute approximate surface area is 83.8 Å². The van der Waals surface area contributed by atoms with Gasteiger partial charge in [0.15, 0.2) is 6.33 Å². The first-order valence-corrected chi connectivity index (χ1v) is 4.97. The highest BCUT2D eigenvalue weighted by molar-refractivity contribution is 4.74. The zero-order valence-corrected chi connectivity index (χ0v) is 8.53. The van der Waals surface area contributed by atoms with E-state index in [1.54, 1.807) is 0 Å². The van der Waals surface area contributed by atoms with Gasteiger partial charge in [-0.05, 0) is 6.42 Å². The van der Waals surface area contributed by atoms with Crippen molar-refractivity contribution in [2.24, 2.45) is 0 Å². The molecule has 1 heterocycles. The topological polar surface area (TPSA) is 60.2 Å². The van der Waals surface area contributed by atoms with Crippen LogP contribution in [-0.4, -0.2) is 36.4 Å². The van der Waals surface area contributed by atoms with Crippen LogP contribution in [0.5, 0.6) is 0 Å². The van der Waals surface area contributed by atoms with Gasteiger partial charge in [-0.15, -0.1) is 0 Å². The van der Waals surface area contributed by atoms with Gasteiger partial charge in [0.2, 0.25) is 5.89 Å². The molecule has 1 rings (SSSR count). The SMILES string of the molecule is CCCOCCNCCc1ncno1. The lowest BCUT2D eigenvalue weighted by atomic mass is 10.4. The summed E-state index contributed by atoms with van der Waals surface area (Å²) in [4.78, 5) is 3.91. The fraction of sp³-hybridized carbons (Fsp3) is 0.778. The molecule has 0 saturated carbocycles. The molecule has 0 atom stereocenters. The Hall–Kier alpha value is -0.940. The minimum Gasteiger partial charge on any atom is -0.380 e. The van der Waals surface area contributed by atoms with Crippen molar-refractivity contribution in [3.8, 4) is 0 Å². The first-order valence-electron chi connectivity index (χ1n) is 4.97. The fourth-order valence-electron chi connectivity index (χ4n) is 1.02. The van der Waals surface area contributed by atoms with E-state index in [0.717, 1.165) is 39.1 Å². The second-order valence-corrected chi connectivity index (χ2v) is 2.95. The third-order valence-electron chi connectivity index (χ3n) is 1.69. The van der Waals surface area contributed by atoms with Crippen LogP contribution in [-0.2, 0) is 11.2 Å². The van der Waals surface area contributed by atoms with Crippen molar-refractivity contribution in [3.05, 3.63) is 12.2 Å². The van der Waals surface area contributed by atoms with Gasteiger partial charge in [0.1, 0.15) is 0 Å². The van der Waals surface area contributed by atoms with Crippen molar-refractivity contribution in [1.29, 1.82) is 0 Å². The largest absolute Gasteiger partial charge is 0.380 e. The van der Waals surface area contributed by atoms with Gasteiger partial charge in [-0.25, -0.2) is 0 Å². The third kappa shape index (κ3) is 4.94. The number of hydrogen-bond donors (Lipinski definition) is 1. The van der Waals surface area contributed by atoms with Gasteiger partial charge in [0.05, 0.1) is 6.61 Å². The maximum Gasteiger partial charge on any atom is 0.227 e. The lowest BCUT2D eigenvalue weighted by Crippen LogP contribution is -2.22. The van der Waals surface area contributed by atoms with Crippen LogP contribution in [0, 0.1) is 0 Å². The summed E-state index contributed by atoms with van der Waals surface area (Å²) < 4.78 is 10.2. The number of rotatable bonds is 8. The molecule has 14 heavy (non-hydrogen) atoms. The molecule has 0 aromatic carbocycles. The fourth-order valence-corrected chi connectivity index (χ4v) is 1.02. The average Bonchev–Trinajstić information content (AvgIpc) is 2.69. The molecule has 0 aliphatic carbocycles. The number of aromatic nitrogens is 2. The molecule has 0 aliphatic heterocycles. The van der Waals surface area contributed by atoms with Gasteiger partial charge in [0, 0.05) is 26.1 Å². The summed E-state index contributed by atoms with van der Waals surface area (Å²) in [5, 5.41) is 6.75. The van der Waals surface area contributed by atoms with E-state index in [1.165, 1.54) is 6.33 Å². The number of hydrogen-bond acceptors (Lipinski definition) is 5. The molecule has 0 spiro atoms. The highest BCUT2D eigenvalue weighted by Crippen LogP contribution is 1.89. The predicted octanol–water partition coefficient (Wildman–Crippen LogP) is 0.628. The summed E-state index contributed by atoms with van der Waals surface area (Å²) in [6.45, 7) is 5.41. The second kappa shape index (κ2) is 7.46. The molecule has 1 N–H and O–H groups in total. The molecule has 5 nitrogen and oxygen atoms in total. The number of nitrogens with one attached hydrogen (secondary N) is 1. The van der Waals surface area contributed by atoms with E-state index in [1.807, 2.05) is 0 Å². The van der Waals surface area contributed by atoms with Crippen LogP contribution < -0.4 is 5.32 Å². The summed E-state index contributed by atoms with van der Waals surface area (Å²) >= 11 is 0. The van der Waals surface area contributed by atoms with Crippen molar-refractivity contribution in [2.75, 3.05) is 26.3 Å². The summed E-state index contributed by atoms with van der Waals surface area (Å²) in [5.41, 5.74) is 0. The van der Waals surface area contributed by atoms with E-state index in [2.05, 4.69) is 22.4 Å². The Balaban J connectivity index is 1.85. The molecule has 0 unspecified atom stereocenters. The van der Waals surface area contributed by atoms with E-state index in [0.29, 0.717) is 5.89 Å². The van der Waals surface area contributed by atoms with E-state index in [9.17, 15) is 0 Å². The summed E-state index contributed by atoms with van der Waals surface area (Å²) in [5.74, 6) is 0.673. The molecule has 1 aromatic heterocycles. The molecule has 0 bridgehead atoms. The summed E-state index contributed by atoms with van der Waals surface area (Å²) in [6, 6.07) is 0. The third-order valence-corrected chi connectivity index (χ3v) is 1.69. The van der Waals surface area contributed by atoms with Crippen LogP contribution in [0.3, 0.4) is 0 Å². The van der Waals surface area contributed by atoms with Crippen LogP contribution in [0.15, 0.2) is 10.9 Å².